The normalized spacial score (nSPS) is 22.4. The fourth-order valence-corrected chi connectivity index (χ4v) is 2.77. The van der Waals surface area contributed by atoms with Crippen molar-refractivity contribution in [3.05, 3.63) is 0 Å². The summed E-state index contributed by atoms with van der Waals surface area (Å²) in [5.41, 5.74) is 5.85. The van der Waals surface area contributed by atoms with Crippen LogP contribution in [0.4, 0.5) is 0 Å². The van der Waals surface area contributed by atoms with Crippen LogP contribution in [0.3, 0.4) is 0 Å². The van der Waals surface area contributed by atoms with Crippen molar-refractivity contribution in [2.75, 3.05) is 19.6 Å². The highest BCUT2D eigenvalue weighted by atomic mass is 16.2. The van der Waals surface area contributed by atoms with Crippen molar-refractivity contribution in [3.8, 4) is 0 Å². The van der Waals surface area contributed by atoms with Crippen LogP contribution in [0.1, 0.15) is 52.4 Å². The van der Waals surface area contributed by atoms with Crippen LogP contribution in [-0.4, -0.2) is 42.4 Å². The molecule has 0 unspecified atom stereocenters. The van der Waals surface area contributed by atoms with E-state index < -0.39 is 0 Å². The number of nitrogens with two attached hydrogens (primary N) is 1. The highest BCUT2D eigenvalue weighted by Crippen LogP contribution is 2.25. The quantitative estimate of drug-likeness (QED) is 0.739. The van der Waals surface area contributed by atoms with Gasteiger partial charge in [0.15, 0.2) is 0 Å². The van der Waals surface area contributed by atoms with Crippen LogP contribution in [-0.2, 0) is 9.59 Å². The van der Waals surface area contributed by atoms with Gasteiger partial charge in [0, 0.05) is 38.5 Å². The Morgan fingerprint density at radius 2 is 1.75 bits per heavy atom. The van der Waals surface area contributed by atoms with Gasteiger partial charge in [-0.1, -0.05) is 0 Å². The maximum absolute atomic E-state index is 11.8. The number of carbonyl (C=O) groups is 2. The second-order valence-corrected chi connectivity index (χ2v) is 5.65. The predicted molar refractivity (Wildman–Crippen MR) is 80.1 cm³/mol. The van der Waals surface area contributed by atoms with Gasteiger partial charge in [-0.2, -0.15) is 0 Å². The summed E-state index contributed by atoms with van der Waals surface area (Å²) in [6, 6.07) is 0.320. The van der Waals surface area contributed by atoms with Crippen LogP contribution in [0.15, 0.2) is 0 Å². The van der Waals surface area contributed by atoms with Crippen molar-refractivity contribution < 1.29 is 9.59 Å². The molecule has 1 rings (SSSR count). The van der Waals surface area contributed by atoms with E-state index in [-0.39, 0.29) is 11.8 Å². The van der Waals surface area contributed by atoms with Crippen molar-refractivity contribution in [2.24, 2.45) is 11.7 Å². The van der Waals surface area contributed by atoms with Crippen molar-refractivity contribution in [1.29, 1.82) is 0 Å². The van der Waals surface area contributed by atoms with Crippen LogP contribution in [0, 0.1) is 5.92 Å². The van der Waals surface area contributed by atoms with Crippen LogP contribution in [0.2, 0.25) is 0 Å². The highest BCUT2D eigenvalue weighted by Gasteiger charge is 2.20. The zero-order valence-electron chi connectivity index (χ0n) is 12.9. The van der Waals surface area contributed by atoms with Gasteiger partial charge in [-0.15, -0.1) is 0 Å². The van der Waals surface area contributed by atoms with E-state index in [0.717, 1.165) is 38.8 Å². The Bertz CT molecular complexity index is 308. The van der Waals surface area contributed by atoms with Crippen LogP contribution in [0.25, 0.3) is 0 Å². The first kappa shape index (κ1) is 17.0. The minimum Gasteiger partial charge on any atom is -0.356 e. The van der Waals surface area contributed by atoms with Gasteiger partial charge >= 0.3 is 0 Å². The molecule has 0 spiro atoms. The largest absolute Gasteiger partial charge is 0.356 e. The summed E-state index contributed by atoms with van der Waals surface area (Å²) in [6.45, 7) is 5.83. The SMILES string of the molecule is CCN(CC)C(=O)CCNC(=O)CC1CCC(N)CC1. The smallest absolute Gasteiger partial charge is 0.224 e. The number of hydrogen-bond donors (Lipinski definition) is 2. The van der Waals surface area contributed by atoms with Crippen LogP contribution >= 0.6 is 0 Å². The Balaban J connectivity index is 2.15. The molecule has 0 radical (unpaired) electrons. The van der Waals surface area contributed by atoms with E-state index in [9.17, 15) is 9.59 Å². The third-order valence-electron chi connectivity index (χ3n) is 4.14. The molecule has 0 aromatic rings. The number of nitrogens with one attached hydrogen (secondary N) is 1. The van der Waals surface area contributed by atoms with E-state index >= 15 is 0 Å². The summed E-state index contributed by atoms with van der Waals surface area (Å²) >= 11 is 0. The molecule has 0 aliphatic heterocycles. The van der Waals surface area contributed by atoms with Crippen molar-refractivity contribution >= 4 is 11.8 Å². The summed E-state index contributed by atoms with van der Waals surface area (Å²) < 4.78 is 0. The summed E-state index contributed by atoms with van der Waals surface area (Å²) in [4.78, 5) is 25.4. The molecule has 2 amide bonds. The third kappa shape index (κ3) is 5.90. The zero-order chi connectivity index (χ0) is 15.0. The van der Waals surface area contributed by atoms with Crippen LogP contribution < -0.4 is 11.1 Å². The second-order valence-electron chi connectivity index (χ2n) is 5.65. The molecule has 0 atom stereocenters. The molecule has 3 N–H and O–H groups in total. The minimum atomic E-state index is 0.0674. The Labute approximate surface area is 122 Å². The van der Waals surface area contributed by atoms with Gasteiger partial charge < -0.3 is 16.0 Å². The second kappa shape index (κ2) is 8.95. The molecule has 0 bridgehead atoms. The van der Waals surface area contributed by atoms with Gasteiger partial charge in [0.2, 0.25) is 11.8 Å². The van der Waals surface area contributed by atoms with Gasteiger partial charge in [0.25, 0.3) is 0 Å². The molecule has 20 heavy (non-hydrogen) atoms. The zero-order valence-corrected chi connectivity index (χ0v) is 12.9. The maximum Gasteiger partial charge on any atom is 0.224 e. The summed E-state index contributed by atoms with van der Waals surface area (Å²) in [6.07, 6.45) is 5.12. The molecule has 0 aromatic heterocycles. The van der Waals surface area contributed by atoms with E-state index in [2.05, 4.69) is 5.32 Å². The van der Waals surface area contributed by atoms with Gasteiger partial charge in [0.05, 0.1) is 0 Å². The number of carbonyl (C=O) groups excluding carboxylic acids is 2. The van der Waals surface area contributed by atoms with Gasteiger partial charge in [-0.3, -0.25) is 9.59 Å². The standard InChI is InChI=1S/C15H29N3O2/c1-3-18(4-2)15(20)9-10-17-14(19)11-12-5-7-13(16)8-6-12/h12-13H,3-11,16H2,1-2H3,(H,17,19). The van der Waals surface area contributed by atoms with E-state index in [4.69, 9.17) is 5.73 Å². The number of hydrogen-bond acceptors (Lipinski definition) is 3. The molecule has 0 saturated heterocycles. The average Bonchev–Trinajstić information content (AvgIpc) is 2.43. The lowest BCUT2D eigenvalue weighted by Gasteiger charge is -2.25. The van der Waals surface area contributed by atoms with Crippen molar-refractivity contribution in [3.63, 3.8) is 0 Å². The molecule has 5 nitrogen and oxygen atoms in total. The van der Waals surface area contributed by atoms with Gasteiger partial charge in [0.1, 0.15) is 0 Å². The van der Waals surface area contributed by atoms with E-state index in [1.54, 1.807) is 4.90 Å². The van der Waals surface area contributed by atoms with Gasteiger partial charge in [-0.25, -0.2) is 0 Å². The molecule has 0 heterocycles. The van der Waals surface area contributed by atoms with Crippen molar-refractivity contribution in [2.45, 2.75) is 58.4 Å². The Morgan fingerprint density at radius 3 is 2.30 bits per heavy atom. The first-order valence-corrected chi connectivity index (χ1v) is 7.86. The summed E-state index contributed by atoms with van der Waals surface area (Å²) in [5.74, 6) is 0.644. The van der Waals surface area contributed by atoms with Crippen LogP contribution in [0.5, 0.6) is 0 Å². The molecular weight excluding hydrogens is 254 g/mol. The van der Waals surface area contributed by atoms with Gasteiger partial charge in [-0.05, 0) is 45.4 Å². The maximum atomic E-state index is 11.8. The average molecular weight is 283 g/mol. The fraction of sp³-hybridized carbons (Fsp3) is 0.867. The number of rotatable bonds is 7. The fourth-order valence-electron chi connectivity index (χ4n) is 2.77. The monoisotopic (exact) mass is 283 g/mol. The molecule has 116 valence electrons. The first-order valence-electron chi connectivity index (χ1n) is 7.86. The third-order valence-corrected chi connectivity index (χ3v) is 4.14. The minimum absolute atomic E-state index is 0.0674. The topological polar surface area (TPSA) is 75.4 Å². The lowest BCUT2D eigenvalue weighted by Crippen LogP contribution is -2.35. The number of nitrogens with zero attached hydrogens (tertiary/aromatic N) is 1. The van der Waals surface area contributed by atoms with E-state index in [1.807, 2.05) is 13.8 Å². The molecular formula is C15H29N3O2. The molecule has 1 aliphatic rings. The lowest BCUT2D eigenvalue weighted by molar-refractivity contribution is -0.130. The molecule has 0 aromatic carbocycles. The molecule has 1 saturated carbocycles. The van der Waals surface area contributed by atoms with Crippen molar-refractivity contribution in [1.82, 2.24) is 10.2 Å². The summed E-state index contributed by atoms with van der Waals surface area (Å²) in [5, 5.41) is 2.86. The van der Waals surface area contributed by atoms with E-state index in [1.165, 1.54) is 0 Å². The Kier molecular flexibility index (Phi) is 7.59. The highest BCUT2D eigenvalue weighted by molar-refractivity contribution is 5.79. The first-order chi connectivity index (χ1) is 9.56. The van der Waals surface area contributed by atoms with E-state index in [0.29, 0.717) is 31.3 Å². The molecule has 1 aliphatic carbocycles. The number of amides is 2. The predicted octanol–water partition coefficient (Wildman–Crippen LogP) is 1.27. The lowest BCUT2D eigenvalue weighted by atomic mass is 9.84. The Hall–Kier alpha value is -1.10. The molecule has 1 fully saturated rings. The Morgan fingerprint density at radius 1 is 1.15 bits per heavy atom. The summed E-state index contributed by atoms with van der Waals surface area (Å²) in [7, 11) is 0. The molecule has 5 heteroatoms.